The van der Waals surface area contributed by atoms with Gasteiger partial charge in [0.1, 0.15) is 23.8 Å². The van der Waals surface area contributed by atoms with Gasteiger partial charge in [-0.05, 0) is 35.7 Å². The molecule has 2 amide bonds. The molecule has 0 saturated heterocycles. The molecule has 0 saturated carbocycles. The lowest BCUT2D eigenvalue weighted by atomic mass is 9.92. The van der Waals surface area contributed by atoms with E-state index in [1.54, 1.807) is 28.4 Å². The molecule has 2 aromatic carbocycles. The number of methoxy groups -OCH3 is 3. The fourth-order valence-electron chi connectivity index (χ4n) is 4.01. The average Bonchev–Trinajstić information content (AvgIpc) is 3.28. The van der Waals surface area contributed by atoms with Crippen LogP contribution >= 0.6 is 0 Å². The topological polar surface area (TPSA) is 80.7 Å². The van der Waals surface area contributed by atoms with Crippen molar-refractivity contribution in [3.8, 4) is 17.2 Å². The Hall–Kier alpha value is -3.55. The summed E-state index contributed by atoms with van der Waals surface area (Å²) in [5.74, 6) is 1.63. The Morgan fingerprint density at radius 1 is 1.03 bits per heavy atom. The summed E-state index contributed by atoms with van der Waals surface area (Å²) < 4.78 is 16.4. The SMILES string of the molecule is COc1cccc(C2=NN(C(=O)CN(C)C(=O)CC(C)(C)C)[C@@H](c3cc(OC)ccc3OC)C2)c1. The predicted octanol–water partition coefficient (Wildman–Crippen LogP) is 4.28. The number of hydrogen-bond acceptors (Lipinski definition) is 6. The Kier molecular flexibility index (Phi) is 8.04. The van der Waals surface area contributed by atoms with Crippen molar-refractivity contribution in [3.63, 3.8) is 0 Å². The van der Waals surface area contributed by atoms with E-state index in [4.69, 9.17) is 19.3 Å². The molecule has 0 radical (unpaired) electrons. The molecule has 8 heteroatoms. The first-order chi connectivity index (χ1) is 16.6. The third-order valence-corrected chi connectivity index (χ3v) is 5.84. The quantitative estimate of drug-likeness (QED) is 0.562. The van der Waals surface area contributed by atoms with Crippen LogP contribution in [0.25, 0.3) is 0 Å². The maximum atomic E-state index is 13.5. The van der Waals surface area contributed by atoms with Crippen molar-refractivity contribution < 1.29 is 23.8 Å². The minimum Gasteiger partial charge on any atom is -0.497 e. The van der Waals surface area contributed by atoms with Gasteiger partial charge in [-0.2, -0.15) is 5.10 Å². The zero-order valence-electron chi connectivity index (χ0n) is 21.6. The van der Waals surface area contributed by atoms with E-state index in [-0.39, 0.29) is 23.8 Å². The monoisotopic (exact) mass is 481 g/mol. The van der Waals surface area contributed by atoms with Crippen LogP contribution in [-0.2, 0) is 9.59 Å². The zero-order chi connectivity index (χ0) is 25.8. The summed E-state index contributed by atoms with van der Waals surface area (Å²) in [4.78, 5) is 27.6. The number of rotatable bonds is 8. The van der Waals surface area contributed by atoms with Crippen LogP contribution in [0.2, 0.25) is 0 Å². The molecule has 0 fully saturated rings. The number of likely N-dealkylation sites (N-methyl/N-ethyl adjacent to an activating group) is 1. The van der Waals surface area contributed by atoms with Crippen molar-refractivity contribution in [2.24, 2.45) is 10.5 Å². The Bertz CT molecular complexity index is 1110. The summed E-state index contributed by atoms with van der Waals surface area (Å²) in [5.41, 5.74) is 2.22. The number of carbonyl (C=O) groups is 2. The van der Waals surface area contributed by atoms with Crippen molar-refractivity contribution in [1.29, 1.82) is 0 Å². The summed E-state index contributed by atoms with van der Waals surface area (Å²) in [5, 5.41) is 6.19. The van der Waals surface area contributed by atoms with Crippen LogP contribution in [0, 0.1) is 5.41 Å². The average molecular weight is 482 g/mol. The van der Waals surface area contributed by atoms with Gasteiger partial charge in [0.05, 0.1) is 33.1 Å². The van der Waals surface area contributed by atoms with Gasteiger partial charge >= 0.3 is 0 Å². The van der Waals surface area contributed by atoms with E-state index in [1.165, 1.54) is 9.91 Å². The molecule has 8 nitrogen and oxygen atoms in total. The first kappa shape index (κ1) is 26.1. The van der Waals surface area contributed by atoms with Gasteiger partial charge in [-0.25, -0.2) is 5.01 Å². The molecule has 0 aliphatic carbocycles. The molecule has 0 spiro atoms. The fourth-order valence-corrected chi connectivity index (χ4v) is 4.01. The van der Waals surface area contributed by atoms with Crippen LogP contribution in [0.5, 0.6) is 17.2 Å². The number of carbonyl (C=O) groups excluding carboxylic acids is 2. The summed E-state index contributed by atoms with van der Waals surface area (Å²) >= 11 is 0. The molecular formula is C27H35N3O5. The van der Waals surface area contributed by atoms with Crippen molar-refractivity contribution in [2.45, 2.75) is 39.7 Å². The molecule has 35 heavy (non-hydrogen) atoms. The van der Waals surface area contributed by atoms with Gasteiger partial charge in [-0.3, -0.25) is 9.59 Å². The third-order valence-electron chi connectivity index (χ3n) is 5.84. The molecule has 1 aliphatic heterocycles. The molecule has 1 atom stereocenters. The Labute approximate surface area is 207 Å². The van der Waals surface area contributed by atoms with Gasteiger partial charge in [-0.15, -0.1) is 0 Å². The number of ether oxygens (including phenoxy) is 3. The van der Waals surface area contributed by atoms with Crippen molar-refractivity contribution in [2.75, 3.05) is 34.9 Å². The van der Waals surface area contributed by atoms with E-state index in [2.05, 4.69) is 0 Å². The van der Waals surface area contributed by atoms with Gasteiger partial charge in [0.2, 0.25) is 5.91 Å². The molecule has 1 heterocycles. The van der Waals surface area contributed by atoms with E-state index in [0.717, 1.165) is 16.8 Å². The lowest BCUT2D eigenvalue weighted by Crippen LogP contribution is -2.40. The second kappa shape index (κ2) is 10.8. The highest BCUT2D eigenvalue weighted by Gasteiger charge is 2.36. The van der Waals surface area contributed by atoms with Gasteiger partial charge in [0.15, 0.2) is 0 Å². The number of amides is 2. The van der Waals surface area contributed by atoms with E-state index < -0.39 is 6.04 Å². The third kappa shape index (κ3) is 6.32. The molecule has 0 unspecified atom stereocenters. The first-order valence-electron chi connectivity index (χ1n) is 11.6. The van der Waals surface area contributed by atoms with Gasteiger partial charge in [0, 0.05) is 31.0 Å². The highest BCUT2D eigenvalue weighted by Crippen LogP contribution is 2.39. The van der Waals surface area contributed by atoms with E-state index >= 15 is 0 Å². The largest absolute Gasteiger partial charge is 0.497 e. The van der Waals surface area contributed by atoms with E-state index in [1.807, 2.05) is 63.2 Å². The van der Waals surface area contributed by atoms with Crippen molar-refractivity contribution >= 4 is 17.5 Å². The van der Waals surface area contributed by atoms with Crippen molar-refractivity contribution in [3.05, 3.63) is 53.6 Å². The lowest BCUT2D eigenvalue weighted by Gasteiger charge is -2.27. The van der Waals surface area contributed by atoms with Crippen LogP contribution in [-0.4, -0.2) is 62.4 Å². The maximum Gasteiger partial charge on any atom is 0.262 e. The molecule has 0 bridgehead atoms. The van der Waals surface area contributed by atoms with Gasteiger partial charge < -0.3 is 19.1 Å². The lowest BCUT2D eigenvalue weighted by molar-refractivity contribution is -0.141. The Balaban J connectivity index is 1.96. The van der Waals surface area contributed by atoms with Crippen LogP contribution < -0.4 is 14.2 Å². The zero-order valence-corrected chi connectivity index (χ0v) is 21.6. The summed E-state index contributed by atoms with van der Waals surface area (Å²) in [6, 6.07) is 12.7. The number of hydrogen-bond donors (Lipinski definition) is 0. The minimum absolute atomic E-state index is 0.0768. The highest BCUT2D eigenvalue weighted by atomic mass is 16.5. The second-order valence-corrected chi connectivity index (χ2v) is 9.83. The number of nitrogens with zero attached hydrogens (tertiary/aromatic N) is 3. The number of benzene rings is 2. The normalized spacial score (nSPS) is 15.5. The number of hydrazone groups is 1. The van der Waals surface area contributed by atoms with Gasteiger partial charge in [-0.1, -0.05) is 32.9 Å². The molecular weight excluding hydrogens is 446 g/mol. The predicted molar refractivity (Wildman–Crippen MR) is 135 cm³/mol. The van der Waals surface area contributed by atoms with Crippen molar-refractivity contribution in [1.82, 2.24) is 9.91 Å². The van der Waals surface area contributed by atoms with Crippen LogP contribution in [0.3, 0.4) is 0 Å². The molecule has 1 aliphatic rings. The van der Waals surface area contributed by atoms with E-state index in [9.17, 15) is 9.59 Å². The summed E-state index contributed by atoms with van der Waals surface area (Å²) in [7, 11) is 6.45. The molecule has 188 valence electrons. The smallest absolute Gasteiger partial charge is 0.262 e. The second-order valence-electron chi connectivity index (χ2n) is 9.83. The standard InChI is InChI=1S/C27H35N3O5/c1-27(2,3)16-25(31)29(4)17-26(32)30-23(21-14-20(34-6)11-12-24(21)35-7)15-22(28-30)18-9-8-10-19(13-18)33-5/h8-14,23H,15-17H2,1-7H3/t23-/m1/s1. The fraction of sp³-hybridized carbons (Fsp3) is 0.444. The van der Waals surface area contributed by atoms with Crippen LogP contribution in [0.4, 0.5) is 0 Å². The maximum absolute atomic E-state index is 13.5. The minimum atomic E-state index is -0.417. The van der Waals surface area contributed by atoms with Crippen LogP contribution in [0.1, 0.15) is 50.8 Å². The van der Waals surface area contributed by atoms with Gasteiger partial charge in [0.25, 0.3) is 5.91 Å². The summed E-state index contributed by atoms with van der Waals surface area (Å²) in [6.07, 6.45) is 0.824. The first-order valence-corrected chi connectivity index (χ1v) is 11.6. The molecule has 3 rings (SSSR count). The molecule has 0 N–H and O–H groups in total. The molecule has 0 aromatic heterocycles. The highest BCUT2D eigenvalue weighted by molar-refractivity contribution is 6.03. The molecule has 2 aromatic rings. The van der Waals surface area contributed by atoms with Crippen LogP contribution in [0.15, 0.2) is 47.6 Å². The Morgan fingerprint density at radius 2 is 1.71 bits per heavy atom. The Morgan fingerprint density at radius 3 is 2.34 bits per heavy atom. The summed E-state index contributed by atoms with van der Waals surface area (Å²) in [6.45, 7) is 5.91. The van der Waals surface area contributed by atoms with E-state index in [0.29, 0.717) is 30.1 Å².